The van der Waals surface area contributed by atoms with Crippen LogP contribution in [0.15, 0.2) is 46.6 Å². The number of ether oxygens (including phenoxy) is 4. The summed E-state index contributed by atoms with van der Waals surface area (Å²) in [4.78, 5) is 26.3. The summed E-state index contributed by atoms with van der Waals surface area (Å²) in [5.41, 5.74) is 7.06. The SMILES string of the molecule is COc1ccc(N2C(=O)CC(SC(N)=NN=Cc3cc(OC)c(OC)c(OC)c3)C2=O)cc1. The van der Waals surface area contributed by atoms with Crippen molar-refractivity contribution in [3.63, 3.8) is 0 Å². The van der Waals surface area contributed by atoms with E-state index in [0.717, 1.165) is 16.7 Å². The maximum Gasteiger partial charge on any atom is 0.247 e. The van der Waals surface area contributed by atoms with Crippen LogP contribution < -0.4 is 29.6 Å². The molecule has 1 aliphatic heterocycles. The van der Waals surface area contributed by atoms with Gasteiger partial charge in [-0.05, 0) is 36.4 Å². The third kappa shape index (κ3) is 5.37. The Labute approximate surface area is 195 Å². The zero-order chi connectivity index (χ0) is 24.0. The Morgan fingerprint density at radius 3 is 2.21 bits per heavy atom. The van der Waals surface area contributed by atoms with Crippen molar-refractivity contribution in [1.29, 1.82) is 0 Å². The number of benzene rings is 2. The number of methoxy groups -OCH3 is 4. The van der Waals surface area contributed by atoms with E-state index in [4.69, 9.17) is 24.7 Å². The van der Waals surface area contributed by atoms with Gasteiger partial charge in [0.15, 0.2) is 16.7 Å². The largest absolute Gasteiger partial charge is 0.497 e. The second-order valence-electron chi connectivity index (χ2n) is 6.72. The fraction of sp³-hybridized carbons (Fsp3) is 0.273. The van der Waals surface area contributed by atoms with Crippen molar-refractivity contribution in [2.45, 2.75) is 11.7 Å². The predicted molar refractivity (Wildman–Crippen MR) is 127 cm³/mol. The van der Waals surface area contributed by atoms with Crippen LogP contribution in [0.1, 0.15) is 12.0 Å². The van der Waals surface area contributed by atoms with E-state index in [1.54, 1.807) is 43.5 Å². The highest BCUT2D eigenvalue weighted by molar-refractivity contribution is 8.14. The van der Waals surface area contributed by atoms with Gasteiger partial charge in [-0.3, -0.25) is 9.59 Å². The number of rotatable bonds is 8. The lowest BCUT2D eigenvalue weighted by molar-refractivity contribution is -0.121. The number of imide groups is 1. The third-order valence-corrected chi connectivity index (χ3v) is 5.72. The molecule has 33 heavy (non-hydrogen) atoms. The first kappa shape index (κ1) is 23.9. The minimum atomic E-state index is -0.681. The van der Waals surface area contributed by atoms with E-state index in [1.165, 1.54) is 27.5 Å². The Kier molecular flexibility index (Phi) is 7.78. The quantitative estimate of drug-likeness (QED) is 0.269. The molecule has 2 N–H and O–H groups in total. The Bertz CT molecular complexity index is 1060. The van der Waals surface area contributed by atoms with Gasteiger partial charge < -0.3 is 24.7 Å². The van der Waals surface area contributed by atoms with Crippen LogP contribution in [0, 0.1) is 0 Å². The molecule has 10 nitrogen and oxygen atoms in total. The number of carbonyl (C=O) groups excluding carboxylic acids is 2. The molecule has 0 aromatic heterocycles. The van der Waals surface area contributed by atoms with Crippen molar-refractivity contribution in [1.82, 2.24) is 0 Å². The molecule has 0 saturated carbocycles. The van der Waals surface area contributed by atoms with Crippen LogP contribution in [-0.2, 0) is 9.59 Å². The number of hydrogen-bond acceptors (Lipinski definition) is 9. The lowest BCUT2D eigenvalue weighted by atomic mass is 10.2. The van der Waals surface area contributed by atoms with Gasteiger partial charge >= 0.3 is 0 Å². The van der Waals surface area contributed by atoms with Crippen LogP contribution >= 0.6 is 11.8 Å². The Balaban J connectivity index is 1.69. The first-order valence-corrected chi connectivity index (χ1v) is 10.6. The number of hydrogen-bond donors (Lipinski definition) is 1. The number of anilines is 1. The van der Waals surface area contributed by atoms with E-state index < -0.39 is 5.25 Å². The minimum absolute atomic E-state index is 0.0162. The predicted octanol–water partition coefficient (Wildman–Crippen LogP) is 2.43. The Morgan fingerprint density at radius 1 is 1.03 bits per heavy atom. The summed E-state index contributed by atoms with van der Waals surface area (Å²) in [6, 6.07) is 10.1. The highest BCUT2D eigenvalue weighted by Gasteiger charge is 2.40. The van der Waals surface area contributed by atoms with Crippen molar-refractivity contribution in [2.75, 3.05) is 33.3 Å². The molecule has 2 aromatic rings. The second kappa shape index (κ2) is 10.7. The normalized spacial score (nSPS) is 16.4. The molecule has 0 radical (unpaired) electrons. The molecule has 0 aliphatic carbocycles. The summed E-state index contributed by atoms with van der Waals surface area (Å²) in [5, 5.41) is 7.28. The van der Waals surface area contributed by atoms with Gasteiger partial charge in [0.05, 0.1) is 40.3 Å². The van der Waals surface area contributed by atoms with Crippen molar-refractivity contribution in [3.8, 4) is 23.0 Å². The van der Waals surface area contributed by atoms with Crippen molar-refractivity contribution in [3.05, 3.63) is 42.0 Å². The number of amides is 2. The number of nitrogens with zero attached hydrogens (tertiary/aromatic N) is 3. The summed E-state index contributed by atoms with van der Waals surface area (Å²) in [5.74, 6) is 1.36. The van der Waals surface area contributed by atoms with Crippen LogP contribution in [0.3, 0.4) is 0 Å². The fourth-order valence-corrected chi connectivity index (χ4v) is 4.01. The molecule has 2 amide bonds. The van der Waals surface area contributed by atoms with E-state index in [2.05, 4.69) is 10.2 Å². The summed E-state index contributed by atoms with van der Waals surface area (Å²) in [6.07, 6.45) is 1.48. The van der Waals surface area contributed by atoms with Crippen LogP contribution in [-0.4, -0.2) is 56.9 Å². The molecule has 1 heterocycles. The molecule has 1 saturated heterocycles. The molecule has 1 unspecified atom stereocenters. The number of thioether (sulfide) groups is 1. The highest BCUT2D eigenvalue weighted by Crippen LogP contribution is 2.37. The van der Waals surface area contributed by atoms with Crippen molar-refractivity contribution >= 4 is 40.6 Å². The zero-order valence-electron chi connectivity index (χ0n) is 18.6. The van der Waals surface area contributed by atoms with Gasteiger partial charge in [0, 0.05) is 12.0 Å². The number of amidine groups is 1. The lowest BCUT2D eigenvalue weighted by Crippen LogP contribution is -2.31. The highest BCUT2D eigenvalue weighted by atomic mass is 32.2. The molecular weight excluding hydrogens is 448 g/mol. The maximum absolute atomic E-state index is 12.8. The number of nitrogens with two attached hydrogens (primary N) is 1. The molecule has 3 rings (SSSR count). The Morgan fingerprint density at radius 2 is 1.67 bits per heavy atom. The first-order chi connectivity index (χ1) is 15.9. The van der Waals surface area contributed by atoms with Crippen LogP contribution in [0.25, 0.3) is 0 Å². The van der Waals surface area contributed by atoms with E-state index >= 15 is 0 Å². The van der Waals surface area contributed by atoms with Crippen molar-refractivity contribution < 1.29 is 28.5 Å². The summed E-state index contributed by atoms with van der Waals surface area (Å²) in [6.45, 7) is 0. The van der Waals surface area contributed by atoms with Gasteiger partial charge in [0.1, 0.15) is 11.0 Å². The van der Waals surface area contributed by atoms with E-state index in [9.17, 15) is 9.59 Å². The molecular formula is C22H24N4O6S. The Hall–Kier alpha value is -3.73. The van der Waals surface area contributed by atoms with Crippen LogP contribution in [0.5, 0.6) is 23.0 Å². The summed E-state index contributed by atoms with van der Waals surface area (Å²) >= 11 is 0.990. The topological polar surface area (TPSA) is 125 Å². The zero-order valence-corrected chi connectivity index (χ0v) is 19.4. The van der Waals surface area contributed by atoms with Crippen LogP contribution in [0.2, 0.25) is 0 Å². The third-order valence-electron chi connectivity index (χ3n) is 4.75. The van der Waals surface area contributed by atoms with Crippen LogP contribution in [0.4, 0.5) is 5.69 Å². The van der Waals surface area contributed by atoms with Crippen molar-refractivity contribution in [2.24, 2.45) is 15.9 Å². The fourth-order valence-electron chi connectivity index (χ4n) is 3.20. The molecule has 0 spiro atoms. The van der Waals surface area contributed by atoms with E-state index in [1.807, 2.05) is 0 Å². The van der Waals surface area contributed by atoms with E-state index in [-0.39, 0.29) is 23.4 Å². The molecule has 1 atom stereocenters. The molecule has 1 fully saturated rings. The van der Waals surface area contributed by atoms with Gasteiger partial charge in [-0.15, -0.1) is 5.10 Å². The van der Waals surface area contributed by atoms with Gasteiger partial charge in [-0.25, -0.2) is 4.90 Å². The minimum Gasteiger partial charge on any atom is -0.497 e. The average Bonchev–Trinajstić information content (AvgIpc) is 3.10. The smallest absolute Gasteiger partial charge is 0.247 e. The second-order valence-corrected chi connectivity index (χ2v) is 7.94. The molecule has 11 heteroatoms. The molecule has 0 bridgehead atoms. The van der Waals surface area contributed by atoms with Gasteiger partial charge in [-0.1, -0.05) is 11.8 Å². The van der Waals surface area contributed by atoms with Gasteiger partial charge in [0.2, 0.25) is 17.6 Å². The summed E-state index contributed by atoms with van der Waals surface area (Å²) in [7, 11) is 6.08. The molecule has 174 valence electrons. The summed E-state index contributed by atoms with van der Waals surface area (Å²) < 4.78 is 21.0. The maximum atomic E-state index is 12.8. The van der Waals surface area contributed by atoms with Gasteiger partial charge in [-0.2, -0.15) is 5.10 Å². The first-order valence-electron chi connectivity index (χ1n) is 9.75. The molecule has 2 aromatic carbocycles. The number of carbonyl (C=O) groups is 2. The standard InChI is InChI=1S/C22H24N4O6S/c1-29-15-7-5-14(6-8-15)26-19(27)11-18(21(26)28)33-22(23)25-24-12-13-9-16(30-2)20(32-4)17(10-13)31-3/h5-10,12,18H,11H2,1-4H3,(H2,23,25). The van der Waals surface area contributed by atoms with Gasteiger partial charge in [0.25, 0.3) is 0 Å². The van der Waals surface area contributed by atoms with E-state index in [0.29, 0.717) is 34.2 Å². The average molecular weight is 473 g/mol. The lowest BCUT2D eigenvalue weighted by Gasteiger charge is -2.15. The molecule has 1 aliphatic rings. The monoisotopic (exact) mass is 472 g/mol.